The van der Waals surface area contributed by atoms with Crippen molar-refractivity contribution in [2.45, 2.75) is 13.5 Å². The summed E-state index contributed by atoms with van der Waals surface area (Å²) >= 11 is 0. The van der Waals surface area contributed by atoms with Gasteiger partial charge >= 0.3 is 51.4 Å². The van der Waals surface area contributed by atoms with Gasteiger partial charge in [-0.1, -0.05) is 24.3 Å². The van der Waals surface area contributed by atoms with Crippen molar-refractivity contribution in [1.29, 1.82) is 0 Å². The van der Waals surface area contributed by atoms with E-state index in [1.807, 2.05) is 13.0 Å². The smallest absolute Gasteiger partial charge is 0.545 e. The van der Waals surface area contributed by atoms with Crippen LogP contribution in [0.15, 0.2) is 42.7 Å². The fraction of sp³-hybridized carbons (Fsp3) is 0.133. The molecular formula is C15H12KN3O2. The number of benzene rings is 1. The van der Waals surface area contributed by atoms with E-state index in [4.69, 9.17) is 0 Å². The number of imidazole rings is 1. The van der Waals surface area contributed by atoms with Gasteiger partial charge in [0.2, 0.25) is 0 Å². The van der Waals surface area contributed by atoms with Crippen LogP contribution in [-0.4, -0.2) is 20.5 Å². The van der Waals surface area contributed by atoms with Crippen LogP contribution in [0, 0.1) is 6.92 Å². The second-order valence-corrected chi connectivity index (χ2v) is 4.59. The first-order valence-electron chi connectivity index (χ1n) is 6.22. The number of carbonyl (C=O) groups excluding carboxylic acids is 1. The predicted octanol–water partition coefficient (Wildman–Crippen LogP) is -1.84. The number of pyridine rings is 1. The van der Waals surface area contributed by atoms with Crippen molar-refractivity contribution in [3.05, 3.63) is 59.7 Å². The Kier molecular flexibility index (Phi) is 5.29. The summed E-state index contributed by atoms with van der Waals surface area (Å²) in [5.74, 6) is -0.260. The quantitative estimate of drug-likeness (QED) is 0.533. The van der Waals surface area contributed by atoms with Crippen molar-refractivity contribution in [1.82, 2.24) is 14.5 Å². The molecule has 0 spiro atoms. The van der Waals surface area contributed by atoms with Crippen LogP contribution in [0.25, 0.3) is 11.0 Å². The van der Waals surface area contributed by atoms with E-state index in [1.54, 1.807) is 36.7 Å². The van der Waals surface area contributed by atoms with Crippen LogP contribution in [0.1, 0.15) is 21.7 Å². The zero-order valence-electron chi connectivity index (χ0n) is 11.9. The van der Waals surface area contributed by atoms with Gasteiger partial charge in [-0.25, -0.2) is 4.98 Å². The average molecular weight is 305 g/mol. The van der Waals surface area contributed by atoms with E-state index < -0.39 is 5.97 Å². The number of carboxylic acids is 1. The number of carbonyl (C=O) groups is 1. The number of rotatable bonds is 3. The normalized spacial score (nSPS) is 10.3. The maximum atomic E-state index is 10.7. The molecule has 0 aliphatic carbocycles. The van der Waals surface area contributed by atoms with E-state index >= 15 is 0 Å². The van der Waals surface area contributed by atoms with Crippen molar-refractivity contribution >= 4 is 17.0 Å². The molecule has 3 aromatic rings. The minimum Gasteiger partial charge on any atom is -0.545 e. The molecule has 5 nitrogen and oxygen atoms in total. The van der Waals surface area contributed by atoms with Gasteiger partial charge in [-0.15, -0.1) is 0 Å². The molecule has 0 fully saturated rings. The molecule has 100 valence electrons. The Morgan fingerprint density at radius 1 is 1.24 bits per heavy atom. The van der Waals surface area contributed by atoms with Crippen LogP contribution in [0.3, 0.4) is 0 Å². The molecule has 0 unspecified atom stereocenters. The minimum absolute atomic E-state index is 0. The van der Waals surface area contributed by atoms with Crippen LogP contribution < -0.4 is 56.5 Å². The first kappa shape index (κ1) is 16.3. The van der Waals surface area contributed by atoms with Crippen molar-refractivity contribution < 1.29 is 61.3 Å². The third-order valence-electron chi connectivity index (χ3n) is 3.27. The van der Waals surface area contributed by atoms with Crippen molar-refractivity contribution in [3.8, 4) is 0 Å². The molecule has 0 saturated carbocycles. The van der Waals surface area contributed by atoms with Crippen LogP contribution in [0.4, 0.5) is 0 Å². The van der Waals surface area contributed by atoms with Gasteiger partial charge in [-0.05, 0) is 24.1 Å². The van der Waals surface area contributed by atoms with E-state index in [1.165, 1.54) is 0 Å². The Hall–Kier alpha value is -1.05. The molecule has 21 heavy (non-hydrogen) atoms. The van der Waals surface area contributed by atoms with E-state index in [0.717, 1.165) is 22.4 Å². The molecule has 0 radical (unpaired) electrons. The molecule has 0 atom stereocenters. The molecule has 1 aromatic carbocycles. The first-order valence-corrected chi connectivity index (χ1v) is 6.22. The largest absolute Gasteiger partial charge is 1.00 e. The SMILES string of the molecule is Cc1nc2cnccc2n1Cc1ccc(C(=O)[O-])cc1.[K+]. The summed E-state index contributed by atoms with van der Waals surface area (Å²) in [5, 5.41) is 10.7. The summed E-state index contributed by atoms with van der Waals surface area (Å²) in [6.07, 6.45) is 3.47. The van der Waals surface area contributed by atoms with Crippen molar-refractivity contribution in [2.75, 3.05) is 0 Å². The number of hydrogen-bond donors (Lipinski definition) is 0. The third-order valence-corrected chi connectivity index (χ3v) is 3.27. The van der Waals surface area contributed by atoms with Crippen molar-refractivity contribution in [3.63, 3.8) is 0 Å². The van der Waals surface area contributed by atoms with Gasteiger partial charge in [0, 0.05) is 12.7 Å². The predicted molar refractivity (Wildman–Crippen MR) is 72.1 cm³/mol. The zero-order valence-corrected chi connectivity index (χ0v) is 15.0. The van der Waals surface area contributed by atoms with Gasteiger partial charge in [0.05, 0.1) is 17.7 Å². The van der Waals surface area contributed by atoms with E-state index in [-0.39, 0.29) is 56.9 Å². The van der Waals surface area contributed by atoms with Crippen molar-refractivity contribution in [2.24, 2.45) is 0 Å². The number of hydrogen-bond acceptors (Lipinski definition) is 4. The molecule has 3 rings (SSSR count). The number of aromatic nitrogens is 3. The standard InChI is InChI=1S/C15H13N3O2.K/c1-10-17-13-8-16-7-6-14(13)18(10)9-11-2-4-12(5-3-11)15(19)20;/h2-8H,9H2,1H3,(H,19,20);/q;+1/p-1. The molecule has 0 aliphatic heterocycles. The van der Waals surface area contributed by atoms with Crippen LogP contribution in [0.2, 0.25) is 0 Å². The molecule has 0 aliphatic rings. The number of aromatic carboxylic acids is 1. The second kappa shape index (κ2) is 6.80. The molecule has 2 heterocycles. The van der Waals surface area contributed by atoms with Gasteiger partial charge in [-0.3, -0.25) is 4.98 Å². The van der Waals surface area contributed by atoms with E-state index in [0.29, 0.717) is 6.54 Å². The van der Waals surface area contributed by atoms with Gasteiger partial charge in [-0.2, -0.15) is 0 Å². The summed E-state index contributed by atoms with van der Waals surface area (Å²) in [4.78, 5) is 19.2. The Morgan fingerprint density at radius 2 is 1.95 bits per heavy atom. The van der Waals surface area contributed by atoms with Gasteiger partial charge in [0.1, 0.15) is 11.3 Å². The summed E-state index contributed by atoms with van der Waals surface area (Å²) in [5.41, 5.74) is 3.07. The topological polar surface area (TPSA) is 70.8 Å². The first-order chi connectivity index (χ1) is 9.65. The Morgan fingerprint density at radius 3 is 2.62 bits per heavy atom. The number of nitrogens with zero attached hydrogens (tertiary/aromatic N) is 3. The molecule has 6 heteroatoms. The molecule has 0 N–H and O–H groups in total. The molecule has 0 bridgehead atoms. The van der Waals surface area contributed by atoms with E-state index in [9.17, 15) is 9.90 Å². The summed E-state index contributed by atoms with van der Waals surface area (Å²) in [6.45, 7) is 2.58. The average Bonchev–Trinajstić information content (AvgIpc) is 2.76. The number of aryl methyl sites for hydroxylation is 1. The fourth-order valence-electron chi connectivity index (χ4n) is 2.23. The zero-order chi connectivity index (χ0) is 14.1. The maximum absolute atomic E-state index is 10.7. The summed E-state index contributed by atoms with van der Waals surface area (Å²) in [7, 11) is 0. The molecule has 2 aromatic heterocycles. The van der Waals surface area contributed by atoms with Gasteiger partial charge in [0.25, 0.3) is 0 Å². The second-order valence-electron chi connectivity index (χ2n) is 4.59. The summed E-state index contributed by atoms with van der Waals surface area (Å²) < 4.78 is 2.07. The minimum atomic E-state index is -1.16. The van der Waals surface area contributed by atoms with E-state index in [2.05, 4.69) is 14.5 Å². The Labute approximate surface area is 164 Å². The molecule has 0 saturated heterocycles. The Balaban J connectivity index is 0.00000161. The van der Waals surface area contributed by atoms with Crippen LogP contribution in [0.5, 0.6) is 0 Å². The number of fused-ring (bicyclic) bond motifs is 1. The molecular weight excluding hydrogens is 293 g/mol. The third kappa shape index (κ3) is 3.41. The van der Waals surface area contributed by atoms with Crippen LogP contribution >= 0.6 is 0 Å². The van der Waals surface area contributed by atoms with Gasteiger partial charge in [0.15, 0.2) is 0 Å². The Bertz CT molecular complexity index is 781. The number of carboxylic acid groups (broad SMARTS) is 1. The molecule has 0 amide bonds. The van der Waals surface area contributed by atoms with Gasteiger partial charge < -0.3 is 14.5 Å². The summed E-state index contributed by atoms with van der Waals surface area (Å²) in [6, 6.07) is 8.61. The fourth-order valence-corrected chi connectivity index (χ4v) is 2.23. The van der Waals surface area contributed by atoms with Crippen LogP contribution in [-0.2, 0) is 6.54 Å². The maximum Gasteiger partial charge on any atom is 1.00 e. The monoisotopic (exact) mass is 305 g/mol.